The fourth-order valence-corrected chi connectivity index (χ4v) is 15.5. The van der Waals surface area contributed by atoms with Crippen molar-refractivity contribution in [1.82, 2.24) is 49.0 Å². The molecule has 13 aromatic carbocycles. The van der Waals surface area contributed by atoms with Crippen molar-refractivity contribution in [3.8, 4) is 113 Å². The summed E-state index contributed by atoms with van der Waals surface area (Å²) in [6.07, 6.45) is 7.43. The molecule has 0 saturated heterocycles. The summed E-state index contributed by atoms with van der Waals surface area (Å²) in [5.74, 6) is 3.58. The van der Waals surface area contributed by atoms with E-state index in [1.165, 1.54) is 5.56 Å². The normalized spacial score (nSPS) is 11.8. The molecule has 0 aliphatic carbocycles. The Hall–Kier alpha value is -14.6. The average Bonchev–Trinajstić information content (AvgIpc) is 1.58. The van der Waals surface area contributed by atoms with E-state index in [0.29, 0.717) is 34.9 Å². The number of rotatable bonds is 11. The highest BCUT2D eigenvalue weighted by molar-refractivity contribution is 6.15. The molecule has 0 aliphatic heterocycles. The molecular weight excluding hydrogens is 1350 g/mol. The van der Waals surface area contributed by atoms with Crippen molar-refractivity contribution in [2.24, 2.45) is 0 Å². The number of hydrogen-bond acceptors (Lipinski definition) is 10. The lowest BCUT2D eigenvalue weighted by Gasteiger charge is -2.19. The van der Waals surface area contributed by atoms with Crippen LogP contribution in [-0.4, -0.2) is 49.0 Å². The van der Waals surface area contributed by atoms with Gasteiger partial charge in [0, 0.05) is 100.0 Å². The Morgan fingerprint density at radius 2 is 0.573 bits per heavy atom. The van der Waals surface area contributed by atoms with Crippen molar-refractivity contribution in [3.63, 3.8) is 0 Å². The third-order valence-electron chi connectivity index (χ3n) is 20.9. The Bertz CT molecular complexity index is 7120. The number of para-hydroxylation sites is 6. The number of benzene rings is 13. The van der Waals surface area contributed by atoms with Gasteiger partial charge in [0.15, 0.2) is 34.9 Å². The van der Waals surface area contributed by atoms with Crippen LogP contribution in [0.25, 0.3) is 201 Å². The second kappa shape index (κ2) is 26.8. The lowest BCUT2D eigenvalue weighted by atomic mass is 9.87. The predicted octanol–water partition coefficient (Wildman–Crippen LogP) is 24.8. The molecule has 12 nitrogen and oxygen atoms in total. The largest absolute Gasteiger partial charge is 0.455 e. The van der Waals surface area contributed by atoms with Gasteiger partial charge >= 0.3 is 0 Å². The minimum absolute atomic E-state index is 0.0355. The number of fused-ring (bicyclic) bond motifs is 12. The molecule has 0 fully saturated rings. The molecule has 0 saturated carbocycles. The minimum Gasteiger partial charge on any atom is -0.455 e. The van der Waals surface area contributed by atoms with Gasteiger partial charge in [-0.1, -0.05) is 282 Å². The zero-order valence-electron chi connectivity index (χ0n) is 60.2. The second-order valence-corrected chi connectivity index (χ2v) is 28.6. The molecule has 0 aliphatic rings. The molecule has 0 unspecified atom stereocenters. The standard InChI is InChI=1S/C50H31N5O.C48H35N5O/c1-3-12-32(13-4-1)33-22-24-35(25-23-33)49-52-48(34-14-5-2-6-15-34)53-50(54-49)41-28-29-51-31-45(41)55-43-20-9-7-16-38(43)42-30-36(26-27-44(42)55)37-18-11-19-40-39-17-8-10-21-46(39)56-47(37)40;1-48(2,3)33-23-20-31(21-24-33)46-50-45(30-12-5-4-6-13-30)51-47(52-46)38-26-27-49-29-42(38)53-40-18-9-7-14-35(40)39-28-32(22-25-41(39)53)34-16-11-17-37-36-15-8-10-19-43(36)54-44(34)37/h1-31H;4-29H,1-3H3. The summed E-state index contributed by atoms with van der Waals surface area (Å²) in [7, 11) is 0. The average molecular weight is 1420 g/mol. The first-order valence-electron chi connectivity index (χ1n) is 36.8. The van der Waals surface area contributed by atoms with Gasteiger partial charge < -0.3 is 18.0 Å². The maximum Gasteiger partial charge on any atom is 0.166 e. The Balaban J connectivity index is 0.000000144. The van der Waals surface area contributed by atoms with Crippen LogP contribution in [-0.2, 0) is 5.41 Å². The fraction of sp³-hybridized carbons (Fsp3) is 0.0408. The van der Waals surface area contributed by atoms with Gasteiger partial charge in [-0.05, 0) is 93.9 Å². The number of hydrogen-bond donors (Lipinski definition) is 0. The van der Waals surface area contributed by atoms with E-state index in [1.807, 2.05) is 122 Å². The SMILES string of the molecule is CC(C)(C)c1ccc(-c2nc(-c3ccccc3)nc(-c3ccncc3-n3c4ccccc4c4cc(-c5cccc6c5oc5ccccc56)ccc43)n2)cc1.c1ccc(-c2ccc(-c3nc(-c4ccccc4)nc(-c4ccncc4-n4c5ccccc5c5cc(-c6cccc7c6oc6ccccc67)ccc54)n3)cc2)cc1. The number of nitrogens with zero attached hydrogens (tertiary/aromatic N) is 10. The molecule has 21 aromatic rings. The number of aromatic nitrogens is 10. The quantitative estimate of drug-likeness (QED) is 0.123. The Labute approximate surface area is 632 Å². The van der Waals surface area contributed by atoms with Crippen molar-refractivity contribution >= 4 is 87.5 Å². The molecule has 0 bridgehead atoms. The summed E-state index contributed by atoms with van der Waals surface area (Å²) in [5.41, 5.74) is 22.8. The maximum atomic E-state index is 6.45. The Kier molecular flexibility index (Phi) is 15.8. The summed E-state index contributed by atoms with van der Waals surface area (Å²) in [4.78, 5) is 39.9. The Morgan fingerprint density at radius 3 is 1.01 bits per heavy atom. The van der Waals surface area contributed by atoms with Crippen molar-refractivity contribution in [2.75, 3.05) is 0 Å². The lowest BCUT2D eigenvalue weighted by Crippen LogP contribution is -2.10. The van der Waals surface area contributed by atoms with Crippen LogP contribution in [0.5, 0.6) is 0 Å². The van der Waals surface area contributed by atoms with Crippen LogP contribution in [0.3, 0.4) is 0 Å². The molecule has 8 aromatic heterocycles. The zero-order valence-corrected chi connectivity index (χ0v) is 60.2. The van der Waals surface area contributed by atoms with Gasteiger partial charge in [0.05, 0.1) is 45.8 Å². The molecule has 0 atom stereocenters. The van der Waals surface area contributed by atoms with Gasteiger partial charge in [-0.3, -0.25) is 9.97 Å². The zero-order chi connectivity index (χ0) is 73.4. The number of pyridine rings is 2. The lowest BCUT2D eigenvalue weighted by molar-refractivity contribution is 0.590. The predicted molar refractivity (Wildman–Crippen MR) is 446 cm³/mol. The van der Waals surface area contributed by atoms with Gasteiger partial charge in [-0.25, -0.2) is 29.9 Å². The van der Waals surface area contributed by atoms with Crippen LogP contribution in [0.4, 0.5) is 0 Å². The summed E-state index contributed by atoms with van der Waals surface area (Å²) >= 11 is 0. The number of furan rings is 2. The molecule has 0 N–H and O–H groups in total. The van der Waals surface area contributed by atoms with Crippen molar-refractivity contribution < 1.29 is 8.83 Å². The highest BCUT2D eigenvalue weighted by Gasteiger charge is 2.25. The van der Waals surface area contributed by atoms with Crippen molar-refractivity contribution in [2.45, 2.75) is 26.2 Å². The third kappa shape index (κ3) is 11.5. The van der Waals surface area contributed by atoms with Crippen LogP contribution in [0, 0.1) is 0 Å². The molecule has 110 heavy (non-hydrogen) atoms. The second-order valence-electron chi connectivity index (χ2n) is 28.6. The van der Waals surface area contributed by atoms with Gasteiger partial charge in [0.1, 0.15) is 22.3 Å². The molecule has 21 rings (SSSR count). The monoisotopic (exact) mass is 1410 g/mol. The molecule has 8 heterocycles. The van der Waals surface area contributed by atoms with Gasteiger partial charge in [0.25, 0.3) is 0 Å². The van der Waals surface area contributed by atoms with E-state index in [0.717, 1.165) is 166 Å². The van der Waals surface area contributed by atoms with Crippen LogP contribution in [0.15, 0.2) is 355 Å². The molecule has 12 heteroatoms. The van der Waals surface area contributed by atoms with Crippen molar-refractivity contribution in [3.05, 3.63) is 352 Å². The third-order valence-corrected chi connectivity index (χ3v) is 20.9. The first-order chi connectivity index (χ1) is 54.2. The van der Waals surface area contributed by atoms with Crippen LogP contribution >= 0.6 is 0 Å². The molecule has 0 spiro atoms. The van der Waals surface area contributed by atoms with E-state index in [4.69, 9.17) is 38.7 Å². The van der Waals surface area contributed by atoms with Gasteiger partial charge in [-0.15, -0.1) is 0 Å². The minimum atomic E-state index is 0.0355. The van der Waals surface area contributed by atoms with E-state index < -0.39 is 0 Å². The fourth-order valence-electron chi connectivity index (χ4n) is 15.5. The summed E-state index contributed by atoms with van der Waals surface area (Å²) in [6.45, 7) is 6.66. The molecule has 0 amide bonds. The smallest absolute Gasteiger partial charge is 0.166 e. The van der Waals surface area contributed by atoms with E-state index in [9.17, 15) is 0 Å². The molecular formula is C98H66N10O2. The van der Waals surface area contributed by atoms with Gasteiger partial charge in [-0.2, -0.15) is 0 Å². The van der Waals surface area contributed by atoms with Crippen LogP contribution in [0.1, 0.15) is 26.3 Å². The van der Waals surface area contributed by atoms with Crippen LogP contribution in [0.2, 0.25) is 0 Å². The molecule has 0 radical (unpaired) electrons. The molecule has 520 valence electrons. The van der Waals surface area contributed by atoms with E-state index in [2.05, 4.69) is 258 Å². The first-order valence-corrected chi connectivity index (χ1v) is 36.8. The summed E-state index contributed by atoms with van der Waals surface area (Å²) in [5, 5.41) is 8.99. The van der Waals surface area contributed by atoms with Crippen molar-refractivity contribution in [1.29, 1.82) is 0 Å². The topological polar surface area (TPSA) is 139 Å². The summed E-state index contributed by atoms with van der Waals surface area (Å²) < 4.78 is 17.5. The Morgan fingerprint density at radius 1 is 0.245 bits per heavy atom. The maximum absolute atomic E-state index is 6.45. The van der Waals surface area contributed by atoms with E-state index >= 15 is 0 Å². The van der Waals surface area contributed by atoms with E-state index in [-0.39, 0.29) is 5.41 Å². The van der Waals surface area contributed by atoms with Crippen LogP contribution < -0.4 is 0 Å². The summed E-state index contributed by atoms with van der Waals surface area (Å²) in [6, 6.07) is 111. The van der Waals surface area contributed by atoms with E-state index in [1.54, 1.807) is 6.20 Å². The van der Waals surface area contributed by atoms with Gasteiger partial charge in [0.2, 0.25) is 0 Å². The highest BCUT2D eigenvalue weighted by atomic mass is 16.3. The highest BCUT2D eigenvalue weighted by Crippen LogP contribution is 2.44. The first kappa shape index (κ1) is 64.9.